The van der Waals surface area contributed by atoms with Crippen molar-refractivity contribution in [2.24, 2.45) is 5.73 Å². The molecule has 0 aromatic carbocycles. The Morgan fingerprint density at radius 1 is 0.833 bits per heavy atom. The molecular formula is C11H23NO6. The van der Waals surface area contributed by atoms with Crippen molar-refractivity contribution >= 4 is 5.97 Å². The van der Waals surface area contributed by atoms with Crippen molar-refractivity contribution in [2.45, 2.75) is 0 Å². The van der Waals surface area contributed by atoms with Crippen LogP contribution in [0, 0.1) is 0 Å². The van der Waals surface area contributed by atoms with E-state index in [-0.39, 0.29) is 6.61 Å². The predicted molar refractivity (Wildman–Crippen MR) is 64.3 cm³/mol. The monoisotopic (exact) mass is 265 g/mol. The summed E-state index contributed by atoms with van der Waals surface area (Å²) in [5.74, 6) is -0.393. The van der Waals surface area contributed by atoms with Crippen LogP contribution in [0.5, 0.6) is 0 Å². The Hall–Kier alpha value is -0.730. The number of ether oxygens (including phenoxy) is 5. The van der Waals surface area contributed by atoms with E-state index in [0.29, 0.717) is 52.8 Å². The zero-order chi connectivity index (χ0) is 13.5. The Bertz CT molecular complexity index is 190. The van der Waals surface area contributed by atoms with Crippen LogP contribution in [-0.4, -0.2) is 72.5 Å². The van der Waals surface area contributed by atoms with E-state index in [4.69, 9.17) is 24.7 Å². The second-order valence-electron chi connectivity index (χ2n) is 3.25. The van der Waals surface area contributed by atoms with Crippen LogP contribution in [0.4, 0.5) is 0 Å². The Morgan fingerprint density at radius 2 is 1.28 bits per heavy atom. The highest BCUT2D eigenvalue weighted by Crippen LogP contribution is 1.83. The number of hydrogen-bond acceptors (Lipinski definition) is 7. The van der Waals surface area contributed by atoms with E-state index in [2.05, 4.69) is 4.74 Å². The van der Waals surface area contributed by atoms with Crippen LogP contribution in [0.3, 0.4) is 0 Å². The first kappa shape index (κ1) is 17.3. The molecule has 18 heavy (non-hydrogen) atoms. The minimum atomic E-state index is -0.393. The second-order valence-corrected chi connectivity index (χ2v) is 3.25. The summed E-state index contributed by atoms with van der Waals surface area (Å²) in [6.07, 6.45) is 0. The zero-order valence-corrected chi connectivity index (χ0v) is 10.9. The van der Waals surface area contributed by atoms with E-state index < -0.39 is 5.97 Å². The molecule has 0 aliphatic heterocycles. The summed E-state index contributed by atoms with van der Waals surface area (Å²) in [4.78, 5) is 10.7. The Balaban J connectivity index is 2.97. The Morgan fingerprint density at radius 3 is 1.72 bits per heavy atom. The van der Waals surface area contributed by atoms with Crippen LogP contribution in [0.15, 0.2) is 0 Å². The van der Waals surface area contributed by atoms with E-state index in [9.17, 15) is 4.79 Å². The van der Waals surface area contributed by atoms with Gasteiger partial charge in [-0.2, -0.15) is 0 Å². The van der Waals surface area contributed by atoms with E-state index in [0.717, 1.165) is 0 Å². The first-order valence-corrected chi connectivity index (χ1v) is 5.89. The van der Waals surface area contributed by atoms with Crippen LogP contribution in [0.1, 0.15) is 0 Å². The number of methoxy groups -OCH3 is 1. The van der Waals surface area contributed by atoms with Crippen LogP contribution in [0.25, 0.3) is 0 Å². The summed E-state index contributed by atoms with van der Waals surface area (Å²) in [6.45, 7) is 3.86. The van der Waals surface area contributed by atoms with Crippen molar-refractivity contribution in [3.8, 4) is 0 Å². The summed E-state index contributed by atoms with van der Waals surface area (Å²) in [7, 11) is 1.32. The maximum atomic E-state index is 10.7. The normalized spacial score (nSPS) is 10.6. The van der Waals surface area contributed by atoms with Crippen molar-refractivity contribution in [3.05, 3.63) is 0 Å². The Kier molecular flexibility index (Phi) is 13.8. The smallest absolute Gasteiger partial charge is 0.331 e. The van der Waals surface area contributed by atoms with Crippen molar-refractivity contribution in [2.75, 3.05) is 66.5 Å². The minimum absolute atomic E-state index is 0.0468. The summed E-state index contributed by atoms with van der Waals surface area (Å²) >= 11 is 0. The van der Waals surface area contributed by atoms with Gasteiger partial charge in [0.15, 0.2) is 0 Å². The number of carbonyl (C=O) groups excluding carboxylic acids is 1. The molecule has 0 spiro atoms. The van der Waals surface area contributed by atoms with Crippen LogP contribution in [0.2, 0.25) is 0 Å². The third-order valence-corrected chi connectivity index (χ3v) is 1.83. The average molecular weight is 265 g/mol. The molecule has 0 atom stereocenters. The molecule has 0 unspecified atom stereocenters. The second kappa shape index (κ2) is 14.3. The van der Waals surface area contributed by atoms with Gasteiger partial charge in [-0.15, -0.1) is 0 Å². The van der Waals surface area contributed by atoms with Gasteiger partial charge >= 0.3 is 5.97 Å². The Labute approximate surface area is 107 Å². The van der Waals surface area contributed by atoms with Gasteiger partial charge in [0, 0.05) is 6.54 Å². The molecule has 0 bridgehead atoms. The molecule has 108 valence electrons. The van der Waals surface area contributed by atoms with Crippen molar-refractivity contribution in [1.82, 2.24) is 0 Å². The molecule has 0 saturated carbocycles. The lowest BCUT2D eigenvalue weighted by atomic mass is 10.6. The molecule has 7 heteroatoms. The van der Waals surface area contributed by atoms with Crippen molar-refractivity contribution in [1.29, 1.82) is 0 Å². The van der Waals surface area contributed by atoms with Crippen molar-refractivity contribution < 1.29 is 28.5 Å². The molecule has 0 amide bonds. The summed E-state index contributed by atoms with van der Waals surface area (Å²) in [6, 6.07) is 0. The minimum Gasteiger partial charge on any atom is -0.467 e. The molecule has 0 heterocycles. The third-order valence-electron chi connectivity index (χ3n) is 1.83. The van der Waals surface area contributed by atoms with Gasteiger partial charge in [-0.3, -0.25) is 0 Å². The largest absolute Gasteiger partial charge is 0.467 e. The number of rotatable bonds is 13. The molecule has 0 aromatic rings. The van der Waals surface area contributed by atoms with Gasteiger partial charge in [-0.05, 0) is 0 Å². The van der Waals surface area contributed by atoms with Gasteiger partial charge in [-0.1, -0.05) is 0 Å². The standard InChI is InChI=1S/C11H23NO6/c1-14-11(13)10-18-9-8-17-7-6-16-5-4-15-3-2-12/h2-10,12H2,1H3. The maximum absolute atomic E-state index is 10.7. The highest BCUT2D eigenvalue weighted by molar-refractivity contribution is 5.70. The van der Waals surface area contributed by atoms with Crippen molar-refractivity contribution in [3.63, 3.8) is 0 Å². The van der Waals surface area contributed by atoms with Crippen LogP contribution >= 0.6 is 0 Å². The maximum Gasteiger partial charge on any atom is 0.331 e. The number of hydrogen-bond donors (Lipinski definition) is 1. The van der Waals surface area contributed by atoms with Gasteiger partial charge in [0.2, 0.25) is 0 Å². The zero-order valence-electron chi connectivity index (χ0n) is 10.9. The van der Waals surface area contributed by atoms with E-state index in [1.54, 1.807) is 0 Å². The molecule has 7 nitrogen and oxygen atoms in total. The molecule has 0 aliphatic rings. The first-order chi connectivity index (χ1) is 8.81. The molecule has 0 rings (SSSR count). The highest BCUT2D eigenvalue weighted by atomic mass is 16.6. The van der Waals surface area contributed by atoms with Gasteiger partial charge in [0.25, 0.3) is 0 Å². The van der Waals surface area contributed by atoms with Crippen LogP contribution in [-0.2, 0) is 28.5 Å². The van der Waals surface area contributed by atoms with Gasteiger partial charge < -0.3 is 29.4 Å². The lowest BCUT2D eigenvalue weighted by Crippen LogP contribution is -2.15. The first-order valence-electron chi connectivity index (χ1n) is 5.89. The SMILES string of the molecule is COC(=O)COCCOCCOCCOCCN. The lowest BCUT2D eigenvalue weighted by molar-refractivity contribution is -0.146. The highest BCUT2D eigenvalue weighted by Gasteiger charge is 1.98. The third kappa shape index (κ3) is 13.3. The van der Waals surface area contributed by atoms with Crippen LogP contribution < -0.4 is 5.73 Å². The van der Waals surface area contributed by atoms with E-state index in [1.807, 2.05) is 0 Å². The molecule has 0 aliphatic carbocycles. The summed E-state index contributed by atoms with van der Waals surface area (Å²) < 4.78 is 25.0. The van der Waals surface area contributed by atoms with E-state index in [1.165, 1.54) is 7.11 Å². The predicted octanol–water partition coefficient (Wildman–Crippen LogP) is -0.815. The van der Waals surface area contributed by atoms with E-state index >= 15 is 0 Å². The molecule has 0 saturated heterocycles. The molecule has 0 aromatic heterocycles. The van der Waals surface area contributed by atoms with Gasteiger partial charge in [0.1, 0.15) is 6.61 Å². The molecule has 2 N–H and O–H groups in total. The fourth-order valence-electron chi connectivity index (χ4n) is 0.958. The number of nitrogens with two attached hydrogens (primary N) is 1. The van der Waals surface area contributed by atoms with Gasteiger partial charge in [-0.25, -0.2) is 4.79 Å². The fraction of sp³-hybridized carbons (Fsp3) is 0.909. The average Bonchev–Trinajstić information content (AvgIpc) is 2.39. The lowest BCUT2D eigenvalue weighted by Gasteiger charge is -2.06. The molecular weight excluding hydrogens is 242 g/mol. The fourth-order valence-corrected chi connectivity index (χ4v) is 0.958. The van der Waals surface area contributed by atoms with Gasteiger partial charge in [0.05, 0.1) is 53.4 Å². The summed E-state index contributed by atoms with van der Waals surface area (Å²) in [5.41, 5.74) is 5.25. The molecule has 0 fully saturated rings. The molecule has 0 radical (unpaired) electrons. The number of esters is 1. The topological polar surface area (TPSA) is 89.2 Å². The number of carbonyl (C=O) groups is 1. The summed E-state index contributed by atoms with van der Waals surface area (Å²) in [5, 5.41) is 0. The quantitative estimate of drug-likeness (QED) is 0.344.